The summed E-state index contributed by atoms with van der Waals surface area (Å²) in [6.45, 7) is 4.96. The average molecular weight is 272 g/mol. The summed E-state index contributed by atoms with van der Waals surface area (Å²) >= 11 is 0. The van der Waals surface area contributed by atoms with Crippen molar-refractivity contribution in [3.05, 3.63) is 23.3 Å². The average Bonchev–Trinajstić information content (AvgIpc) is 2.89. The lowest BCUT2D eigenvalue weighted by molar-refractivity contribution is -0.116. The van der Waals surface area contributed by atoms with Crippen LogP contribution in [0.1, 0.15) is 12.5 Å². The van der Waals surface area contributed by atoms with E-state index < -0.39 is 0 Å². The highest BCUT2D eigenvalue weighted by Crippen LogP contribution is 2.30. The maximum Gasteiger partial charge on any atom is 0.245 e. The molecular weight excluding hydrogens is 256 g/mol. The highest BCUT2D eigenvalue weighted by molar-refractivity contribution is 5.93. The number of aromatic nitrogens is 2. The maximum absolute atomic E-state index is 11.3. The molecule has 1 N–H and O–H groups in total. The number of hydrogen-bond acceptors (Lipinski definition) is 4. The molecule has 0 unspecified atom stereocenters. The van der Waals surface area contributed by atoms with Gasteiger partial charge < -0.3 is 10.1 Å². The Labute approximate surface area is 116 Å². The third kappa shape index (κ3) is 1.84. The van der Waals surface area contributed by atoms with Crippen molar-refractivity contribution in [2.24, 2.45) is 4.99 Å². The molecule has 6 heteroatoms. The molecule has 1 aromatic heterocycles. The summed E-state index contributed by atoms with van der Waals surface area (Å²) < 4.78 is 7.27. The van der Waals surface area contributed by atoms with Crippen molar-refractivity contribution in [1.82, 2.24) is 9.55 Å². The van der Waals surface area contributed by atoms with Crippen molar-refractivity contribution in [2.45, 2.75) is 20.4 Å². The lowest BCUT2D eigenvalue weighted by Gasteiger charge is -2.12. The van der Waals surface area contributed by atoms with E-state index in [9.17, 15) is 4.79 Å². The molecule has 0 saturated carbocycles. The summed E-state index contributed by atoms with van der Waals surface area (Å²) in [5, 5.41) is 4.35. The number of hydrogen-bond donors (Lipinski definition) is 1. The van der Waals surface area contributed by atoms with Crippen LogP contribution in [0.4, 0.5) is 5.82 Å². The van der Waals surface area contributed by atoms with Gasteiger partial charge in [0, 0.05) is 31.0 Å². The van der Waals surface area contributed by atoms with Crippen LogP contribution in [0, 0.1) is 6.92 Å². The summed E-state index contributed by atoms with van der Waals surface area (Å²) in [5.74, 6) is 1.49. The lowest BCUT2D eigenvalue weighted by Crippen LogP contribution is -2.24. The first-order valence-electron chi connectivity index (χ1n) is 6.49. The lowest BCUT2D eigenvalue weighted by atomic mass is 10.1. The number of nitrogens with zero attached hydrogens (tertiary/aromatic N) is 3. The number of carbonyl (C=O) groups is 1. The fourth-order valence-electron chi connectivity index (χ4n) is 2.56. The van der Waals surface area contributed by atoms with Crippen LogP contribution in [0.2, 0.25) is 0 Å². The van der Waals surface area contributed by atoms with Gasteiger partial charge in [-0.05, 0) is 19.1 Å². The van der Waals surface area contributed by atoms with Crippen LogP contribution in [0.3, 0.4) is 0 Å². The van der Waals surface area contributed by atoms with Gasteiger partial charge in [0.05, 0.1) is 12.6 Å². The Balaban J connectivity index is 2.43. The molecule has 3 rings (SSSR count). The molecular formula is C14H16N4O2. The molecule has 2 aromatic rings. The minimum atomic E-state index is -0.251. The first kappa shape index (κ1) is 12.7. The fraction of sp³-hybridized carbons (Fsp3) is 0.357. The van der Waals surface area contributed by atoms with Gasteiger partial charge in [-0.25, -0.2) is 4.98 Å². The second-order valence-corrected chi connectivity index (χ2v) is 4.76. The van der Waals surface area contributed by atoms with Gasteiger partial charge >= 0.3 is 0 Å². The van der Waals surface area contributed by atoms with Crippen molar-refractivity contribution in [2.75, 3.05) is 19.0 Å². The Morgan fingerprint density at radius 3 is 3.00 bits per heavy atom. The van der Waals surface area contributed by atoms with Crippen LogP contribution in [0.25, 0.3) is 10.9 Å². The number of benzene rings is 1. The molecule has 104 valence electrons. The van der Waals surface area contributed by atoms with Crippen LogP contribution in [-0.4, -0.2) is 29.1 Å². The fourth-order valence-corrected chi connectivity index (χ4v) is 2.56. The van der Waals surface area contributed by atoms with Crippen molar-refractivity contribution < 1.29 is 9.53 Å². The van der Waals surface area contributed by atoms with E-state index in [0.29, 0.717) is 5.62 Å². The van der Waals surface area contributed by atoms with Gasteiger partial charge in [0.2, 0.25) is 11.5 Å². The molecule has 0 aliphatic carbocycles. The molecule has 0 spiro atoms. The van der Waals surface area contributed by atoms with E-state index in [0.717, 1.165) is 41.1 Å². The van der Waals surface area contributed by atoms with E-state index >= 15 is 0 Å². The largest absolute Gasteiger partial charge is 0.496 e. The normalized spacial score (nSPS) is 14.2. The van der Waals surface area contributed by atoms with E-state index in [-0.39, 0.29) is 5.91 Å². The van der Waals surface area contributed by atoms with E-state index in [4.69, 9.17) is 4.74 Å². The van der Waals surface area contributed by atoms with Gasteiger partial charge in [0.15, 0.2) is 0 Å². The van der Waals surface area contributed by atoms with Crippen LogP contribution in [-0.2, 0) is 11.3 Å². The summed E-state index contributed by atoms with van der Waals surface area (Å²) in [6.07, 6.45) is 0. The van der Waals surface area contributed by atoms with Crippen LogP contribution < -0.4 is 15.7 Å². The summed E-state index contributed by atoms with van der Waals surface area (Å²) in [5.41, 5.74) is 2.20. The molecule has 0 radical (unpaired) electrons. The van der Waals surface area contributed by atoms with Gasteiger partial charge in [-0.1, -0.05) is 0 Å². The number of rotatable bonds is 1. The quantitative estimate of drug-likeness (QED) is 0.847. The number of ether oxygens (including phenoxy) is 1. The summed E-state index contributed by atoms with van der Waals surface area (Å²) in [7, 11) is 1.63. The SMILES string of the molecule is COc1ccc2c3n(c(=NC(C)=O)nc2c1C)CCN3. The predicted molar refractivity (Wildman–Crippen MR) is 75.8 cm³/mol. The van der Waals surface area contributed by atoms with E-state index in [1.54, 1.807) is 7.11 Å². The molecule has 0 saturated heterocycles. The molecule has 2 heterocycles. The molecule has 0 fully saturated rings. The Bertz CT molecular complexity index is 777. The molecule has 1 amide bonds. The maximum atomic E-state index is 11.3. The molecule has 0 bridgehead atoms. The number of fused-ring (bicyclic) bond motifs is 3. The van der Waals surface area contributed by atoms with E-state index in [2.05, 4.69) is 15.3 Å². The van der Waals surface area contributed by atoms with Crippen LogP contribution in [0.5, 0.6) is 5.75 Å². The standard InChI is InChI=1S/C14H16N4O2/c1-8-11(20-3)5-4-10-12(8)17-14(16-9(2)19)18-7-6-15-13(10)18/h4-5,15H,6-7H2,1-3H3. The number of methoxy groups -OCH3 is 1. The third-order valence-corrected chi connectivity index (χ3v) is 3.46. The molecule has 20 heavy (non-hydrogen) atoms. The number of carbonyl (C=O) groups excluding carboxylic acids is 1. The number of aryl methyl sites for hydroxylation is 1. The second-order valence-electron chi connectivity index (χ2n) is 4.76. The molecule has 6 nitrogen and oxygen atoms in total. The van der Waals surface area contributed by atoms with Crippen molar-refractivity contribution in [1.29, 1.82) is 0 Å². The Hall–Kier alpha value is -2.37. The zero-order valence-corrected chi connectivity index (χ0v) is 11.7. The highest BCUT2D eigenvalue weighted by Gasteiger charge is 2.17. The number of amides is 1. The van der Waals surface area contributed by atoms with Gasteiger partial charge in [0.1, 0.15) is 11.6 Å². The molecule has 0 atom stereocenters. The Kier molecular flexibility index (Phi) is 2.93. The second kappa shape index (κ2) is 4.63. The smallest absolute Gasteiger partial charge is 0.245 e. The Morgan fingerprint density at radius 1 is 1.50 bits per heavy atom. The van der Waals surface area contributed by atoms with Gasteiger partial charge in [-0.2, -0.15) is 4.99 Å². The minimum Gasteiger partial charge on any atom is -0.496 e. The van der Waals surface area contributed by atoms with Crippen molar-refractivity contribution in [3.63, 3.8) is 0 Å². The zero-order chi connectivity index (χ0) is 14.3. The zero-order valence-electron chi connectivity index (χ0n) is 11.7. The van der Waals surface area contributed by atoms with Gasteiger partial charge in [-0.3, -0.25) is 9.36 Å². The first-order chi connectivity index (χ1) is 9.61. The molecule has 1 aliphatic rings. The number of nitrogens with one attached hydrogen (secondary N) is 1. The third-order valence-electron chi connectivity index (χ3n) is 3.46. The summed E-state index contributed by atoms with van der Waals surface area (Å²) in [4.78, 5) is 19.9. The van der Waals surface area contributed by atoms with E-state index in [1.165, 1.54) is 6.92 Å². The topological polar surface area (TPSA) is 68.5 Å². The van der Waals surface area contributed by atoms with Crippen LogP contribution in [0.15, 0.2) is 17.1 Å². The first-order valence-corrected chi connectivity index (χ1v) is 6.49. The van der Waals surface area contributed by atoms with E-state index in [1.807, 2.05) is 23.6 Å². The highest BCUT2D eigenvalue weighted by atomic mass is 16.5. The predicted octanol–water partition coefficient (Wildman–Crippen LogP) is 1.23. The van der Waals surface area contributed by atoms with Crippen LogP contribution >= 0.6 is 0 Å². The molecule has 1 aliphatic heterocycles. The van der Waals surface area contributed by atoms with Crippen molar-refractivity contribution >= 4 is 22.6 Å². The monoisotopic (exact) mass is 272 g/mol. The minimum absolute atomic E-state index is 0.251. The molecule has 1 aromatic carbocycles. The van der Waals surface area contributed by atoms with Gasteiger partial charge in [0.25, 0.3) is 0 Å². The number of anilines is 1. The van der Waals surface area contributed by atoms with Gasteiger partial charge in [-0.15, -0.1) is 0 Å². The Morgan fingerprint density at radius 2 is 2.30 bits per heavy atom. The summed E-state index contributed by atoms with van der Waals surface area (Å²) in [6, 6.07) is 3.91. The van der Waals surface area contributed by atoms with Crippen molar-refractivity contribution in [3.8, 4) is 5.75 Å².